The van der Waals surface area contributed by atoms with Crippen LogP contribution in [-0.4, -0.2) is 48.1 Å². The fourth-order valence-electron chi connectivity index (χ4n) is 4.84. The Balaban J connectivity index is 1.44. The summed E-state index contributed by atoms with van der Waals surface area (Å²) in [6, 6.07) is 8.36. The summed E-state index contributed by atoms with van der Waals surface area (Å²) in [6.07, 6.45) is 10.8. The molecule has 0 bridgehead atoms. The van der Waals surface area contributed by atoms with Crippen LogP contribution in [0.3, 0.4) is 0 Å². The maximum Gasteiger partial charge on any atom is 0.267 e. The first-order chi connectivity index (χ1) is 20.3. The number of anilines is 3. The molecule has 1 saturated heterocycles. The van der Waals surface area contributed by atoms with Gasteiger partial charge in [-0.05, 0) is 79.5 Å². The number of thiophene rings is 1. The molecule has 8 nitrogen and oxygen atoms in total. The van der Waals surface area contributed by atoms with E-state index < -0.39 is 5.82 Å². The minimum Gasteiger partial charge on any atom is -0.389 e. The molecule has 0 spiro atoms. The zero-order chi connectivity index (χ0) is 29.8. The lowest BCUT2D eigenvalue weighted by Gasteiger charge is -2.37. The highest BCUT2D eigenvalue weighted by molar-refractivity contribution is 7.12. The number of aromatic nitrogens is 1. The van der Waals surface area contributed by atoms with Crippen LogP contribution < -0.4 is 30.6 Å². The van der Waals surface area contributed by atoms with Crippen LogP contribution in [0.1, 0.15) is 40.6 Å². The molecule has 0 radical (unpaired) electrons. The summed E-state index contributed by atoms with van der Waals surface area (Å²) in [5.74, 6) is -0.869. The van der Waals surface area contributed by atoms with E-state index >= 15 is 4.39 Å². The molecule has 0 unspecified atom stereocenters. The first-order valence-corrected chi connectivity index (χ1v) is 14.5. The number of hydrogen-bond acceptors (Lipinski definition) is 7. The zero-order valence-corrected chi connectivity index (χ0v) is 24.4. The van der Waals surface area contributed by atoms with Gasteiger partial charge < -0.3 is 26.0 Å². The molecule has 3 heterocycles. The molecular weight excluding hydrogens is 553 g/mol. The van der Waals surface area contributed by atoms with E-state index in [0.29, 0.717) is 40.5 Å². The Labute approximate surface area is 247 Å². The van der Waals surface area contributed by atoms with Crippen molar-refractivity contribution in [2.45, 2.75) is 32.8 Å². The average Bonchev–Trinajstić information content (AvgIpc) is 3.42. The van der Waals surface area contributed by atoms with E-state index in [9.17, 15) is 14.7 Å². The molecule has 5 rings (SSSR count). The summed E-state index contributed by atoms with van der Waals surface area (Å²) in [5, 5.41) is 19.1. The molecule has 42 heavy (non-hydrogen) atoms. The number of carbonyl (C=O) groups is 2. The van der Waals surface area contributed by atoms with Crippen molar-refractivity contribution >= 4 is 58.1 Å². The van der Waals surface area contributed by atoms with Gasteiger partial charge in [-0.2, -0.15) is 0 Å². The van der Waals surface area contributed by atoms with Gasteiger partial charge in [0.25, 0.3) is 11.8 Å². The van der Waals surface area contributed by atoms with Crippen molar-refractivity contribution in [2.75, 3.05) is 35.7 Å². The zero-order valence-electron chi connectivity index (χ0n) is 23.6. The number of carbonyl (C=O) groups excluding carboxylic acids is 2. The van der Waals surface area contributed by atoms with Crippen LogP contribution in [0.15, 0.2) is 60.1 Å². The van der Waals surface area contributed by atoms with Gasteiger partial charge in [0, 0.05) is 30.2 Å². The van der Waals surface area contributed by atoms with E-state index in [1.54, 1.807) is 44.3 Å². The number of nitrogens with zero attached hydrogens (tertiary/aromatic N) is 2. The van der Waals surface area contributed by atoms with Crippen LogP contribution in [0.25, 0.3) is 17.7 Å². The number of amides is 2. The molecule has 0 atom stereocenters. The molecule has 2 aromatic heterocycles. The van der Waals surface area contributed by atoms with Crippen LogP contribution in [-0.2, 0) is 4.79 Å². The lowest BCUT2D eigenvalue weighted by molar-refractivity contribution is -0.116. The molecule has 2 amide bonds. The normalized spacial score (nSPS) is 14.4. The minimum absolute atomic E-state index is 0.0726. The lowest BCUT2D eigenvalue weighted by atomic mass is 9.98. The number of hydrogen-bond donors (Lipinski definition) is 4. The number of aliphatic hydroxyl groups excluding tert-OH is 1. The number of aliphatic hydroxyl groups is 1. The molecule has 216 valence electrons. The van der Waals surface area contributed by atoms with Crippen LogP contribution >= 0.6 is 11.3 Å². The first-order valence-electron chi connectivity index (χ1n) is 13.7. The van der Waals surface area contributed by atoms with E-state index in [1.165, 1.54) is 24.5 Å². The van der Waals surface area contributed by atoms with Gasteiger partial charge in [-0.3, -0.25) is 9.59 Å². The minimum atomic E-state index is -0.559. The Morgan fingerprint density at radius 2 is 1.95 bits per heavy atom. The van der Waals surface area contributed by atoms with Gasteiger partial charge >= 0.3 is 0 Å². The predicted octanol–water partition coefficient (Wildman–Crippen LogP) is 3.68. The highest BCUT2D eigenvalue weighted by Gasteiger charge is 2.24. The number of nitrogens with one attached hydrogen (secondary N) is 3. The van der Waals surface area contributed by atoms with Gasteiger partial charge in [-0.25, -0.2) is 9.37 Å². The maximum atomic E-state index is 15.1. The lowest BCUT2D eigenvalue weighted by Crippen LogP contribution is -2.50. The Morgan fingerprint density at radius 3 is 2.62 bits per heavy atom. The van der Waals surface area contributed by atoms with Gasteiger partial charge in [0.1, 0.15) is 17.3 Å². The van der Waals surface area contributed by atoms with Crippen molar-refractivity contribution in [3.8, 4) is 0 Å². The standard InChI is InChI=1S/C32H32FN5O3S/c1-4-7-20(14-26(31(40)34-3)36-29-13-10-22(16-35-29)38-17-23(39)18-38)24-11-12-25(33)30(19(24)2)37-32(41)28-15-21-8-5-6-9-27(21)42-28/h4,8-16,23,39H,5-6,17-18H2,1-3H3,(H,34,40)(H,35,36)(H,37,41)/b26-14+. The van der Waals surface area contributed by atoms with E-state index in [0.717, 1.165) is 28.3 Å². The first kappa shape index (κ1) is 29.0. The Morgan fingerprint density at radius 1 is 1.17 bits per heavy atom. The molecule has 4 N–H and O–H groups in total. The average molecular weight is 586 g/mol. The third-order valence-corrected chi connectivity index (χ3v) is 8.26. The number of halogens is 1. The van der Waals surface area contributed by atoms with Crippen LogP contribution in [0.2, 0.25) is 0 Å². The highest BCUT2D eigenvalue weighted by atomic mass is 32.1. The molecule has 1 aliphatic heterocycles. The summed E-state index contributed by atoms with van der Waals surface area (Å²) < 4.78 is 16.1. The molecule has 10 heteroatoms. The molecule has 1 aliphatic carbocycles. The quantitative estimate of drug-likeness (QED) is 0.183. The van der Waals surface area contributed by atoms with E-state index in [-0.39, 0.29) is 29.3 Å². The Hall–Kier alpha value is -4.50. The second-order valence-corrected chi connectivity index (χ2v) is 11.1. The number of allylic oxidation sites excluding steroid dienone is 2. The molecule has 1 aromatic carbocycles. The van der Waals surface area contributed by atoms with Crippen molar-refractivity contribution < 1.29 is 19.1 Å². The van der Waals surface area contributed by atoms with Crippen molar-refractivity contribution in [1.29, 1.82) is 0 Å². The summed E-state index contributed by atoms with van der Waals surface area (Å²) >= 11 is 1.39. The van der Waals surface area contributed by atoms with Gasteiger partial charge in [0.05, 0.1) is 28.6 Å². The van der Waals surface area contributed by atoms with Crippen LogP contribution in [0.4, 0.5) is 21.6 Å². The topological polar surface area (TPSA) is 107 Å². The van der Waals surface area contributed by atoms with Crippen molar-refractivity contribution in [1.82, 2.24) is 10.3 Å². The number of pyridine rings is 1. The fourth-order valence-corrected chi connectivity index (χ4v) is 5.87. The summed E-state index contributed by atoms with van der Waals surface area (Å²) in [7, 11) is 1.53. The highest BCUT2D eigenvalue weighted by Crippen LogP contribution is 2.30. The van der Waals surface area contributed by atoms with Crippen LogP contribution in [0.5, 0.6) is 0 Å². The van der Waals surface area contributed by atoms with Crippen molar-refractivity contribution in [3.63, 3.8) is 0 Å². The predicted molar refractivity (Wildman–Crippen MR) is 166 cm³/mol. The molecule has 3 aromatic rings. The molecule has 2 aliphatic rings. The maximum absolute atomic E-state index is 15.1. The number of rotatable bonds is 8. The summed E-state index contributed by atoms with van der Waals surface area (Å²) in [4.78, 5) is 32.9. The third-order valence-electron chi connectivity index (χ3n) is 7.12. The van der Waals surface area contributed by atoms with Gasteiger partial charge in [-0.1, -0.05) is 18.2 Å². The van der Waals surface area contributed by atoms with Gasteiger partial charge in [-0.15, -0.1) is 17.1 Å². The second kappa shape index (κ2) is 12.6. The number of benzene rings is 1. The number of β-amino-alcohol motifs (C(OH)–C–C–N with tert-alkyl or cyclic N) is 1. The van der Waals surface area contributed by atoms with Gasteiger partial charge in [0.2, 0.25) is 0 Å². The number of fused-ring (bicyclic) bond motifs is 1. The largest absolute Gasteiger partial charge is 0.389 e. The molecule has 1 fully saturated rings. The number of likely N-dealkylation sites (N-methyl/N-ethyl adjacent to an activating group) is 1. The third kappa shape index (κ3) is 6.21. The van der Waals surface area contributed by atoms with E-state index in [1.807, 2.05) is 17.0 Å². The van der Waals surface area contributed by atoms with E-state index in [2.05, 4.69) is 38.8 Å². The fraction of sp³-hybridized carbons (Fsp3) is 0.250. The van der Waals surface area contributed by atoms with E-state index in [4.69, 9.17) is 0 Å². The van der Waals surface area contributed by atoms with Crippen LogP contribution in [0, 0.1) is 12.7 Å². The smallest absolute Gasteiger partial charge is 0.267 e. The SMILES string of the molecule is CC=C=C(/C=C(/Nc1ccc(N2CC(O)C2)cn1)C(=O)NC)c1ccc(F)c(NC(=O)c2cc3c(s2)=CCCC=3)c1C. The summed E-state index contributed by atoms with van der Waals surface area (Å²) in [5.41, 5.74) is 5.90. The molecular formula is C32H32FN5O3S. The second-order valence-electron chi connectivity index (χ2n) is 10.0. The molecule has 0 saturated carbocycles. The van der Waals surface area contributed by atoms with Crippen molar-refractivity contribution in [3.05, 3.63) is 91.7 Å². The Kier molecular flexibility index (Phi) is 8.68. The Bertz CT molecular complexity index is 1710. The van der Waals surface area contributed by atoms with Gasteiger partial charge in [0.15, 0.2) is 0 Å². The monoisotopic (exact) mass is 585 g/mol. The summed E-state index contributed by atoms with van der Waals surface area (Å²) in [6.45, 7) is 4.63. The van der Waals surface area contributed by atoms with Crippen molar-refractivity contribution in [2.24, 2.45) is 0 Å².